The molecule has 0 unspecified atom stereocenters. The first-order chi connectivity index (χ1) is 12.3. The minimum absolute atomic E-state index is 0.114. The molecule has 3 heterocycles. The van der Waals surface area contributed by atoms with E-state index < -0.39 is 11.9 Å². The van der Waals surface area contributed by atoms with Crippen molar-refractivity contribution < 1.29 is 17.6 Å². The summed E-state index contributed by atoms with van der Waals surface area (Å²) in [5.41, 5.74) is -0.521. The van der Waals surface area contributed by atoms with Crippen LogP contribution in [-0.4, -0.2) is 46.3 Å². The highest BCUT2D eigenvalue weighted by Gasteiger charge is 2.35. The van der Waals surface area contributed by atoms with Crippen LogP contribution in [0.5, 0.6) is 0 Å². The van der Waals surface area contributed by atoms with E-state index in [-0.39, 0.29) is 11.9 Å². The number of nitrogens with zero attached hydrogens (tertiary/aromatic N) is 6. The second kappa shape index (κ2) is 7.08. The van der Waals surface area contributed by atoms with Crippen molar-refractivity contribution in [2.24, 2.45) is 0 Å². The van der Waals surface area contributed by atoms with Crippen molar-refractivity contribution in [1.29, 1.82) is 0 Å². The lowest BCUT2D eigenvalue weighted by molar-refractivity contribution is -0.141. The average Bonchev–Trinajstić information content (AvgIpc) is 3.10. The normalized spacial score (nSPS) is 15.8. The number of aromatic nitrogens is 4. The quantitative estimate of drug-likeness (QED) is 0.819. The molecule has 1 saturated heterocycles. The smallest absolute Gasteiger partial charge is 0.408 e. The molecule has 0 spiro atoms. The third kappa shape index (κ3) is 3.88. The van der Waals surface area contributed by atoms with Crippen LogP contribution in [0, 0.1) is 0 Å². The van der Waals surface area contributed by atoms with Gasteiger partial charge in [-0.1, -0.05) is 25.9 Å². The molecular weight excluding hydrogens is 349 g/mol. The summed E-state index contributed by atoms with van der Waals surface area (Å²) >= 11 is 0. The van der Waals surface area contributed by atoms with Crippen molar-refractivity contribution in [3.63, 3.8) is 0 Å². The zero-order valence-electron chi connectivity index (χ0n) is 14.9. The summed E-state index contributed by atoms with van der Waals surface area (Å²) in [5.74, 6) is 0.554. The van der Waals surface area contributed by atoms with E-state index in [1.807, 2.05) is 25.7 Å². The molecule has 7 nitrogen and oxygen atoms in total. The van der Waals surface area contributed by atoms with E-state index in [4.69, 9.17) is 4.42 Å². The van der Waals surface area contributed by atoms with E-state index in [1.165, 1.54) is 0 Å². The van der Waals surface area contributed by atoms with Crippen LogP contribution in [0.4, 0.5) is 25.1 Å². The molecule has 2 aromatic rings. The number of rotatable bonds is 4. The molecule has 0 amide bonds. The molecule has 10 heteroatoms. The van der Waals surface area contributed by atoms with E-state index in [2.05, 4.69) is 20.2 Å². The summed E-state index contributed by atoms with van der Waals surface area (Å²) in [6, 6.07) is 1.46. The molecule has 0 N–H and O–H groups in total. The van der Waals surface area contributed by atoms with Crippen LogP contribution in [-0.2, 0) is 12.6 Å². The molecule has 0 aromatic carbocycles. The monoisotopic (exact) mass is 370 g/mol. The van der Waals surface area contributed by atoms with Gasteiger partial charge in [0.25, 0.3) is 0 Å². The molecule has 0 aliphatic carbocycles. The third-order valence-electron chi connectivity index (χ3n) is 4.21. The maximum absolute atomic E-state index is 13.2. The number of anilines is 2. The number of piperazine rings is 1. The van der Waals surface area contributed by atoms with Gasteiger partial charge in [-0.3, -0.25) is 0 Å². The van der Waals surface area contributed by atoms with E-state index in [9.17, 15) is 13.2 Å². The summed E-state index contributed by atoms with van der Waals surface area (Å²) in [7, 11) is 0. The van der Waals surface area contributed by atoms with Gasteiger partial charge in [-0.05, 0) is 12.0 Å². The van der Waals surface area contributed by atoms with Crippen molar-refractivity contribution in [3.05, 3.63) is 23.3 Å². The zero-order valence-corrected chi connectivity index (χ0v) is 14.9. The standard InChI is InChI=1S/C16H21F3N6O/c1-4-13-22-23-15(26-13)25-7-5-24(6-8-25)14-20-11(10(2)3)9-12(21-14)16(17,18)19/h9-10H,4-8H2,1-3H3. The zero-order chi connectivity index (χ0) is 18.9. The van der Waals surface area contributed by atoms with Gasteiger partial charge >= 0.3 is 12.2 Å². The Hall–Kier alpha value is -2.39. The second-order valence-electron chi connectivity index (χ2n) is 6.44. The molecule has 3 rings (SSSR count). The van der Waals surface area contributed by atoms with Gasteiger partial charge in [0.05, 0.1) is 0 Å². The molecular formula is C16H21F3N6O. The first kappa shape index (κ1) is 18.4. The Labute approximate surface area is 149 Å². The number of halogens is 3. The Morgan fingerprint density at radius 3 is 2.27 bits per heavy atom. The highest BCUT2D eigenvalue weighted by atomic mass is 19.4. The van der Waals surface area contributed by atoms with Crippen molar-refractivity contribution in [1.82, 2.24) is 20.2 Å². The first-order valence-corrected chi connectivity index (χ1v) is 8.56. The highest BCUT2D eigenvalue weighted by Crippen LogP contribution is 2.31. The fraction of sp³-hybridized carbons (Fsp3) is 0.625. The lowest BCUT2D eigenvalue weighted by atomic mass is 10.1. The SMILES string of the molecule is CCc1nnc(N2CCN(c3nc(C(C)C)cc(C(F)(F)F)n3)CC2)o1. The number of aryl methyl sites for hydroxylation is 1. The van der Waals surface area contributed by atoms with Gasteiger partial charge in [0, 0.05) is 38.3 Å². The Balaban J connectivity index is 1.77. The Bertz CT molecular complexity index is 753. The van der Waals surface area contributed by atoms with Gasteiger partial charge in [0.15, 0.2) is 0 Å². The lowest BCUT2D eigenvalue weighted by Crippen LogP contribution is -2.47. The maximum atomic E-state index is 13.2. The minimum atomic E-state index is -4.50. The predicted molar refractivity (Wildman–Crippen MR) is 89.2 cm³/mol. The van der Waals surface area contributed by atoms with Crippen molar-refractivity contribution in [2.75, 3.05) is 36.0 Å². The van der Waals surface area contributed by atoms with Crippen LogP contribution in [0.25, 0.3) is 0 Å². The van der Waals surface area contributed by atoms with E-state index in [0.29, 0.717) is 50.2 Å². The van der Waals surface area contributed by atoms with E-state index in [1.54, 1.807) is 4.90 Å². The van der Waals surface area contributed by atoms with Gasteiger partial charge < -0.3 is 14.2 Å². The van der Waals surface area contributed by atoms with Crippen molar-refractivity contribution >= 4 is 12.0 Å². The molecule has 0 bridgehead atoms. The molecule has 0 saturated carbocycles. The fourth-order valence-electron chi connectivity index (χ4n) is 2.65. The number of hydrogen-bond acceptors (Lipinski definition) is 7. The summed E-state index contributed by atoms with van der Waals surface area (Å²) in [6.45, 7) is 7.58. The van der Waals surface area contributed by atoms with Gasteiger partial charge in [0.1, 0.15) is 5.69 Å². The Morgan fingerprint density at radius 1 is 1.08 bits per heavy atom. The van der Waals surface area contributed by atoms with Crippen molar-refractivity contribution in [3.8, 4) is 0 Å². The van der Waals surface area contributed by atoms with Gasteiger partial charge in [-0.15, -0.1) is 5.10 Å². The summed E-state index contributed by atoms with van der Waals surface area (Å²) in [4.78, 5) is 11.8. The maximum Gasteiger partial charge on any atom is 0.433 e. The number of hydrogen-bond donors (Lipinski definition) is 0. The Kier molecular flexibility index (Phi) is 5.01. The van der Waals surface area contributed by atoms with Gasteiger partial charge in [0.2, 0.25) is 11.8 Å². The van der Waals surface area contributed by atoms with Crippen LogP contribution in [0.1, 0.15) is 44.0 Å². The van der Waals surface area contributed by atoms with Crippen LogP contribution < -0.4 is 9.80 Å². The fourth-order valence-corrected chi connectivity index (χ4v) is 2.65. The molecule has 0 atom stereocenters. The highest BCUT2D eigenvalue weighted by molar-refractivity contribution is 5.38. The van der Waals surface area contributed by atoms with Crippen LogP contribution in [0.15, 0.2) is 10.5 Å². The van der Waals surface area contributed by atoms with Gasteiger partial charge in [-0.2, -0.15) is 13.2 Å². The molecule has 26 heavy (non-hydrogen) atoms. The molecule has 142 valence electrons. The topological polar surface area (TPSA) is 71.2 Å². The van der Waals surface area contributed by atoms with Crippen LogP contribution >= 0.6 is 0 Å². The largest absolute Gasteiger partial charge is 0.433 e. The predicted octanol–water partition coefficient (Wildman–Crippen LogP) is 2.89. The lowest BCUT2D eigenvalue weighted by Gasteiger charge is -2.34. The summed E-state index contributed by atoms with van der Waals surface area (Å²) in [6.07, 6.45) is -3.84. The van der Waals surface area contributed by atoms with Crippen LogP contribution in [0.2, 0.25) is 0 Å². The molecule has 2 aromatic heterocycles. The molecule has 1 aliphatic heterocycles. The van der Waals surface area contributed by atoms with E-state index in [0.717, 1.165) is 6.07 Å². The van der Waals surface area contributed by atoms with Crippen molar-refractivity contribution in [2.45, 2.75) is 39.3 Å². The summed E-state index contributed by atoms with van der Waals surface area (Å²) in [5, 5.41) is 7.94. The minimum Gasteiger partial charge on any atom is -0.408 e. The average molecular weight is 370 g/mol. The molecule has 1 fully saturated rings. The van der Waals surface area contributed by atoms with Gasteiger partial charge in [-0.25, -0.2) is 9.97 Å². The summed E-state index contributed by atoms with van der Waals surface area (Å²) < 4.78 is 45.0. The molecule has 0 radical (unpaired) electrons. The van der Waals surface area contributed by atoms with Crippen LogP contribution in [0.3, 0.4) is 0 Å². The first-order valence-electron chi connectivity index (χ1n) is 8.56. The van der Waals surface area contributed by atoms with E-state index >= 15 is 0 Å². The Morgan fingerprint density at radius 2 is 1.73 bits per heavy atom. The second-order valence-corrected chi connectivity index (χ2v) is 6.44. The molecule has 1 aliphatic rings. The number of alkyl halides is 3. The third-order valence-corrected chi connectivity index (χ3v) is 4.21.